The minimum atomic E-state index is -0.227. The molecule has 116 valence electrons. The second-order valence-electron chi connectivity index (χ2n) is 5.15. The van der Waals surface area contributed by atoms with Crippen molar-refractivity contribution in [1.29, 1.82) is 0 Å². The number of aromatic nitrogens is 2. The van der Waals surface area contributed by atoms with Crippen molar-refractivity contribution < 1.29 is 9.53 Å². The van der Waals surface area contributed by atoms with Crippen LogP contribution in [0.25, 0.3) is 10.8 Å². The third kappa shape index (κ3) is 3.51. The van der Waals surface area contributed by atoms with Crippen LogP contribution in [-0.2, 0) is 4.79 Å². The van der Waals surface area contributed by atoms with Crippen LogP contribution in [-0.4, -0.2) is 22.2 Å². The molecular weight excluding hydrogens is 308 g/mol. The molecule has 1 aromatic heterocycles. The number of carbonyl (C=O) groups is 1. The molecule has 3 rings (SSSR count). The molecule has 0 aliphatic heterocycles. The summed E-state index contributed by atoms with van der Waals surface area (Å²) in [5.41, 5.74) is 0.982. The lowest BCUT2D eigenvalue weighted by Gasteiger charge is -2.11. The van der Waals surface area contributed by atoms with Crippen LogP contribution in [0.4, 0.5) is 0 Å². The topological polar surface area (TPSA) is 52.1 Å². The molecule has 4 nitrogen and oxygen atoms in total. The van der Waals surface area contributed by atoms with E-state index in [0.717, 1.165) is 33.8 Å². The van der Waals surface area contributed by atoms with Crippen LogP contribution in [0.2, 0.25) is 0 Å². The van der Waals surface area contributed by atoms with Gasteiger partial charge in [0.05, 0.1) is 13.0 Å². The van der Waals surface area contributed by atoms with Gasteiger partial charge in [-0.15, -0.1) is 0 Å². The number of methoxy groups -OCH3 is 1. The van der Waals surface area contributed by atoms with Gasteiger partial charge in [0.2, 0.25) is 5.12 Å². The first-order chi connectivity index (χ1) is 11.2. The fourth-order valence-electron chi connectivity index (χ4n) is 2.29. The zero-order valence-electron chi connectivity index (χ0n) is 12.9. The third-order valence-electron chi connectivity index (χ3n) is 3.66. The molecule has 0 fully saturated rings. The number of thioether (sulfide) groups is 1. The number of hydrogen-bond donors (Lipinski definition) is 0. The molecule has 23 heavy (non-hydrogen) atoms. The van der Waals surface area contributed by atoms with Crippen molar-refractivity contribution in [3.05, 3.63) is 60.4 Å². The highest BCUT2D eigenvalue weighted by Gasteiger charge is 2.18. The van der Waals surface area contributed by atoms with Gasteiger partial charge in [-0.3, -0.25) is 4.79 Å². The first kappa shape index (κ1) is 15.5. The van der Waals surface area contributed by atoms with Crippen LogP contribution < -0.4 is 4.74 Å². The average molecular weight is 324 g/mol. The van der Waals surface area contributed by atoms with E-state index >= 15 is 0 Å². The minimum Gasteiger partial charge on any atom is -0.497 e. The molecule has 1 atom stereocenters. The first-order valence-electron chi connectivity index (χ1n) is 7.24. The van der Waals surface area contributed by atoms with E-state index in [2.05, 4.69) is 9.97 Å². The van der Waals surface area contributed by atoms with Gasteiger partial charge in [0, 0.05) is 12.4 Å². The summed E-state index contributed by atoms with van der Waals surface area (Å²) in [7, 11) is 1.65. The Bertz CT molecular complexity index is 837. The maximum absolute atomic E-state index is 12.4. The molecular formula is C18H16N2O2S. The number of ether oxygens (including phenoxy) is 1. The standard InChI is InChI=1S/C18H16N2O2S/c1-12(17(21)23-18-19-8-3-9-20-18)13-4-5-15-11-16(22-2)7-6-14(15)10-13/h3-12H,1-2H3/t12-/m0/s1. The summed E-state index contributed by atoms with van der Waals surface area (Å²) in [6.07, 6.45) is 3.27. The zero-order valence-corrected chi connectivity index (χ0v) is 13.7. The third-order valence-corrected chi connectivity index (χ3v) is 4.61. The number of carbonyl (C=O) groups excluding carboxylic acids is 1. The van der Waals surface area contributed by atoms with Gasteiger partial charge >= 0.3 is 0 Å². The van der Waals surface area contributed by atoms with Gasteiger partial charge in [0.1, 0.15) is 5.75 Å². The second-order valence-corrected chi connectivity index (χ2v) is 6.12. The summed E-state index contributed by atoms with van der Waals surface area (Å²) in [6.45, 7) is 1.91. The Labute approximate surface area is 138 Å². The molecule has 0 radical (unpaired) electrons. The molecule has 0 saturated carbocycles. The van der Waals surface area contributed by atoms with Crippen molar-refractivity contribution in [3.63, 3.8) is 0 Å². The fourth-order valence-corrected chi connectivity index (χ4v) is 3.01. The number of hydrogen-bond acceptors (Lipinski definition) is 5. The predicted octanol–water partition coefficient (Wildman–Crippen LogP) is 4.06. The molecule has 0 bridgehead atoms. The predicted molar refractivity (Wildman–Crippen MR) is 91.8 cm³/mol. The van der Waals surface area contributed by atoms with Gasteiger partial charge in [-0.2, -0.15) is 0 Å². The van der Waals surface area contributed by atoms with Crippen molar-refractivity contribution in [2.75, 3.05) is 7.11 Å². The molecule has 2 aromatic carbocycles. The molecule has 1 heterocycles. The van der Waals surface area contributed by atoms with E-state index in [0.29, 0.717) is 5.16 Å². The Morgan fingerprint density at radius 1 is 1.09 bits per heavy atom. The molecule has 0 saturated heterocycles. The van der Waals surface area contributed by atoms with Gasteiger partial charge in [-0.05, 0) is 46.3 Å². The number of nitrogens with zero attached hydrogens (tertiary/aromatic N) is 2. The van der Waals surface area contributed by atoms with Crippen molar-refractivity contribution in [2.24, 2.45) is 0 Å². The van der Waals surface area contributed by atoms with E-state index in [1.807, 2.05) is 43.3 Å². The van der Waals surface area contributed by atoms with Crippen molar-refractivity contribution in [2.45, 2.75) is 18.0 Å². The second kappa shape index (κ2) is 6.79. The molecule has 0 N–H and O–H groups in total. The maximum Gasteiger partial charge on any atom is 0.203 e. The highest BCUT2D eigenvalue weighted by atomic mass is 32.2. The number of rotatable bonds is 4. The van der Waals surface area contributed by atoms with E-state index in [1.54, 1.807) is 25.6 Å². The van der Waals surface area contributed by atoms with Crippen LogP contribution in [0.1, 0.15) is 18.4 Å². The van der Waals surface area contributed by atoms with Gasteiger partial charge in [0.25, 0.3) is 0 Å². The Kier molecular flexibility index (Phi) is 4.57. The van der Waals surface area contributed by atoms with Crippen LogP contribution in [0, 0.1) is 0 Å². The van der Waals surface area contributed by atoms with Gasteiger partial charge in [-0.1, -0.05) is 31.2 Å². The SMILES string of the molecule is COc1ccc2cc([C@H](C)C(=O)Sc3ncccn3)ccc2c1. The molecule has 0 aliphatic carbocycles. The Hall–Kier alpha value is -2.40. The summed E-state index contributed by atoms with van der Waals surface area (Å²) in [4.78, 5) is 20.6. The zero-order chi connectivity index (χ0) is 16.2. The number of fused-ring (bicyclic) bond motifs is 1. The van der Waals surface area contributed by atoms with E-state index in [9.17, 15) is 4.79 Å². The normalized spacial score (nSPS) is 12.1. The summed E-state index contributed by atoms with van der Waals surface area (Å²) in [5.74, 6) is 0.599. The Morgan fingerprint density at radius 3 is 2.52 bits per heavy atom. The summed E-state index contributed by atoms with van der Waals surface area (Å²) < 4.78 is 5.23. The highest BCUT2D eigenvalue weighted by Crippen LogP contribution is 2.29. The minimum absolute atomic E-state index is 0.0315. The largest absolute Gasteiger partial charge is 0.497 e. The lowest BCUT2D eigenvalue weighted by Crippen LogP contribution is -2.05. The lowest BCUT2D eigenvalue weighted by atomic mass is 9.99. The lowest BCUT2D eigenvalue weighted by molar-refractivity contribution is -0.111. The van der Waals surface area contributed by atoms with E-state index in [-0.39, 0.29) is 11.0 Å². The smallest absolute Gasteiger partial charge is 0.203 e. The monoisotopic (exact) mass is 324 g/mol. The number of benzene rings is 2. The van der Waals surface area contributed by atoms with Crippen molar-refractivity contribution in [3.8, 4) is 5.75 Å². The molecule has 0 amide bonds. The van der Waals surface area contributed by atoms with E-state index in [1.165, 1.54) is 0 Å². The fraction of sp³-hybridized carbons (Fsp3) is 0.167. The first-order valence-corrected chi connectivity index (χ1v) is 8.05. The van der Waals surface area contributed by atoms with Crippen LogP contribution >= 0.6 is 11.8 Å². The van der Waals surface area contributed by atoms with Crippen LogP contribution in [0.5, 0.6) is 5.75 Å². The molecule has 0 aliphatic rings. The molecule has 0 spiro atoms. The quantitative estimate of drug-likeness (QED) is 0.535. The molecule has 3 aromatic rings. The van der Waals surface area contributed by atoms with E-state index in [4.69, 9.17) is 4.74 Å². The highest BCUT2D eigenvalue weighted by molar-refractivity contribution is 8.13. The Morgan fingerprint density at radius 2 is 1.78 bits per heavy atom. The molecule has 5 heteroatoms. The summed E-state index contributed by atoms with van der Waals surface area (Å²) in [5, 5.41) is 2.69. The molecule has 0 unspecified atom stereocenters. The van der Waals surface area contributed by atoms with Crippen LogP contribution in [0.15, 0.2) is 60.0 Å². The van der Waals surface area contributed by atoms with Crippen molar-refractivity contribution >= 4 is 27.6 Å². The van der Waals surface area contributed by atoms with Crippen molar-refractivity contribution in [1.82, 2.24) is 9.97 Å². The maximum atomic E-state index is 12.4. The van der Waals surface area contributed by atoms with E-state index < -0.39 is 0 Å². The van der Waals surface area contributed by atoms with Gasteiger partial charge in [0.15, 0.2) is 5.16 Å². The summed E-state index contributed by atoms with van der Waals surface area (Å²) >= 11 is 1.08. The van der Waals surface area contributed by atoms with Gasteiger partial charge in [-0.25, -0.2) is 9.97 Å². The van der Waals surface area contributed by atoms with Gasteiger partial charge < -0.3 is 4.74 Å². The average Bonchev–Trinajstić information content (AvgIpc) is 2.61. The van der Waals surface area contributed by atoms with Crippen LogP contribution in [0.3, 0.4) is 0 Å². The Balaban J connectivity index is 1.82. The summed E-state index contributed by atoms with van der Waals surface area (Å²) in [6, 6.07) is 13.7.